The Morgan fingerprint density at radius 3 is 2.52 bits per heavy atom. The predicted octanol–water partition coefficient (Wildman–Crippen LogP) is 6.42. The zero-order valence-corrected chi connectivity index (χ0v) is 22.8. The Morgan fingerprint density at radius 1 is 1.23 bits per heavy atom. The van der Waals surface area contributed by atoms with Gasteiger partial charge in [-0.05, 0) is 70.3 Å². The van der Waals surface area contributed by atoms with Crippen LogP contribution in [0.25, 0.3) is 10.9 Å². The van der Waals surface area contributed by atoms with Crippen molar-refractivity contribution in [2.24, 2.45) is 7.05 Å². The van der Waals surface area contributed by atoms with E-state index < -0.39 is 18.3 Å². The highest BCUT2D eigenvalue weighted by molar-refractivity contribution is 14.2. The second-order valence-corrected chi connectivity index (χ2v) is 13.5. The van der Waals surface area contributed by atoms with Gasteiger partial charge in [-0.25, -0.2) is 4.39 Å². The van der Waals surface area contributed by atoms with E-state index in [1.54, 1.807) is 94.2 Å². The molecular formula is C20H17F3I3N3O2. The molecule has 1 atom stereocenters. The van der Waals surface area contributed by atoms with E-state index in [2.05, 4.69) is 10.3 Å². The number of rotatable bonds is 7. The molecule has 2 aromatic heterocycles. The Kier molecular flexibility index (Phi) is 7.65. The highest BCUT2D eigenvalue weighted by Crippen LogP contribution is 2.42. The molecule has 0 aliphatic heterocycles. The summed E-state index contributed by atoms with van der Waals surface area (Å²) in [6.07, 6.45) is 3.04. The average Bonchev–Trinajstić information content (AvgIpc) is 3.02. The summed E-state index contributed by atoms with van der Waals surface area (Å²) in [4.78, 5) is 17.1. The van der Waals surface area contributed by atoms with Crippen molar-refractivity contribution < 1.29 is 22.7 Å². The smallest absolute Gasteiger partial charge is 0.329 e. The Labute approximate surface area is 217 Å². The molecule has 5 nitrogen and oxygen atoms in total. The zero-order valence-electron chi connectivity index (χ0n) is 16.3. The highest BCUT2D eigenvalue weighted by Gasteiger charge is 2.26. The zero-order chi connectivity index (χ0) is 23.0. The molecule has 2 heterocycles. The molecule has 11 heteroatoms. The first-order valence-corrected chi connectivity index (χ1v) is 12.2. The van der Waals surface area contributed by atoms with Crippen LogP contribution in [-0.2, 0) is 8.73 Å². The van der Waals surface area contributed by atoms with E-state index in [9.17, 15) is 18.0 Å². The lowest BCUT2D eigenvalue weighted by molar-refractivity contribution is 0.0645. The van der Waals surface area contributed by atoms with Crippen molar-refractivity contribution in [1.29, 1.82) is 0 Å². The Hall–Kier alpha value is -0.840. The fraction of sp³-hybridized carbons (Fsp3) is 0.300. The maximum Gasteiger partial charge on any atom is 0.329 e. The van der Waals surface area contributed by atoms with Gasteiger partial charge in [0.25, 0.3) is 5.91 Å². The van der Waals surface area contributed by atoms with E-state index in [1.807, 2.05) is 0 Å². The van der Waals surface area contributed by atoms with Crippen LogP contribution in [0.4, 0.5) is 13.2 Å². The van der Waals surface area contributed by atoms with Gasteiger partial charge in [0.05, 0.1) is 23.5 Å². The fourth-order valence-corrected chi connectivity index (χ4v) is 3.81. The summed E-state index contributed by atoms with van der Waals surface area (Å²) in [6.45, 7) is 1.02. The maximum absolute atomic E-state index is 14.3. The van der Waals surface area contributed by atoms with Crippen LogP contribution < -0.4 is 10.1 Å². The lowest BCUT2D eigenvalue weighted by atomic mass is 10.1. The van der Waals surface area contributed by atoms with Crippen molar-refractivity contribution >= 4 is 84.6 Å². The summed E-state index contributed by atoms with van der Waals surface area (Å²) in [5.74, 6) is -0.0778. The molecule has 1 amide bonds. The van der Waals surface area contributed by atoms with Gasteiger partial charge < -0.3 is 14.6 Å². The van der Waals surface area contributed by atoms with Crippen molar-refractivity contribution in [3.63, 3.8) is 0 Å². The van der Waals surface area contributed by atoms with Gasteiger partial charge in [-0.3, -0.25) is 9.78 Å². The molecule has 0 radical (unpaired) electrons. The molecule has 1 aromatic carbocycles. The number of ether oxygens (including phenoxy) is 1. The lowest BCUT2D eigenvalue weighted by Crippen LogP contribution is -2.27. The molecule has 3 aromatic rings. The molecule has 0 unspecified atom stereocenters. The second-order valence-electron chi connectivity index (χ2n) is 6.90. The van der Waals surface area contributed by atoms with Crippen LogP contribution in [0, 0.1) is 0 Å². The van der Waals surface area contributed by atoms with E-state index in [4.69, 9.17) is 4.74 Å². The third kappa shape index (κ3) is 6.36. The molecule has 0 saturated carbocycles. The average molecular weight is 769 g/mol. The summed E-state index contributed by atoms with van der Waals surface area (Å²) >= 11 is 4.44. The van der Waals surface area contributed by atoms with Gasteiger partial charge in [0.2, 0.25) is 1.68 Å². The second kappa shape index (κ2) is 9.57. The van der Waals surface area contributed by atoms with Crippen LogP contribution >= 0.6 is 67.8 Å². The van der Waals surface area contributed by atoms with Crippen molar-refractivity contribution in [2.75, 3.05) is 6.61 Å². The van der Waals surface area contributed by atoms with Crippen LogP contribution in [0.3, 0.4) is 0 Å². The third-order valence-electron chi connectivity index (χ3n) is 4.52. The molecule has 0 fully saturated rings. The molecule has 0 aliphatic rings. The van der Waals surface area contributed by atoms with Gasteiger partial charge in [-0.1, -0.05) is 12.1 Å². The Bertz CT molecular complexity index is 1090. The van der Waals surface area contributed by atoms with Crippen LogP contribution in [-0.4, -0.2) is 26.0 Å². The van der Waals surface area contributed by atoms with E-state index in [-0.39, 0.29) is 11.7 Å². The van der Waals surface area contributed by atoms with Crippen molar-refractivity contribution in [2.45, 2.75) is 18.6 Å². The van der Waals surface area contributed by atoms with Crippen molar-refractivity contribution in [3.05, 3.63) is 59.5 Å². The van der Waals surface area contributed by atoms with Crippen molar-refractivity contribution in [3.8, 4) is 5.75 Å². The third-order valence-corrected chi connectivity index (χ3v) is 6.07. The van der Waals surface area contributed by atoms with Gasteiger partial charge >= 0.3 is 3.93 Å². The van der Waals surface area contributed by atoms with Gasteiger partial charge in [0.15, 0.2) is 6.61 Å². The monoisotopic (exact) mass is 769 g/mol. The number of pyridine rings is 1. The number of fused-ring (bicyclic) bond motifs is 1. The minimum Gasteiger partial charge on any atom is -0.485 e. The quantitative estimate of drug-likeness (QED) is 0.223. The molecule has 0 aliphatic carbocycles. The van der Waals surface area contributed by atoms with E-state index in [0.29, 0.717) is 22.2 Å². The molecule has 0 saturated heterocycles. The van der Waals surface area contributed by atoms with Crippen LogP contribution in [0.1, 0.15) is 34.6 Å². The first-order chi connectivity index (χ1) is 14.3. The largest absolute Gasteiger partial charge is 0.485 e. The number of amides is 1. The first kappa shape index (κ1) is 24.8. The molecule has 166 valence electrons. The normalized spacial score (nSPS) is 13.3. The number of nitrogens with one attached hydrogen (secondary N) is 1. The first-order valence-electron chi connectivity index (χ1n) is 8.98. The van der Waals surface area contributed by atoms with Gasteiger partial charge in [-0.2, -0.15) is 8.78 Å². The number of nitrogens with zero attached hydrogens (tertiary/aromatic N) is 2. The van der Waals surface area contributed by atoms with E-state index >= 15 is 0 Å². The number of benzene rings is 1. The van der Waals surface area contributed by atoms with Gasteiger partial charge in [-0.15, -0.1) is 0 Å². The molecule has 3 rings (SSSR count). The lowest BCUT2D eigenvalue weighted by Gasteiger charge is -2.15. The summed E-state index contributed by atoms with van der Waals surface area (Å²) in [5.41, 5.74) is 2.28. The number of hydrogen-bond donors (Lipinski definition) is 1. The molecular weight excluding hydrogens is 752 g/mol. The SMILES string of the molecule is C[C@@H](NC(=O)c1cn(C)c2cc(C(F)(I)I)ccc12)c1ccc(OCC(F)(F)I)cn1. The van der Waals surface area contributed by atoms with Crippen LogP contribution in [0.5, 0.6) is 5.75 Å². The number of alkyl halides is 6. The van der Waals surface area contributed by atoms with Gasteiger partial charge in [0, 0.05) is 52.3 Å². The van der Waals surface area contributed by atoms with Crippen molar-refractivity contribution in [1.82, 2.24) is 14.9 Å². The Morgan fingerprint density at radius 2 is 1.94 bits per heavy atom. The molecule has 1 N–H and O–H groups in total. The van der Waals surface area contributed by atoms with E-state index in [1.165, 1.54) is 12.3 Å². The number of hydrogen-bond acceptors (Lipinski definition) is 3. The number of halogens is 6. The van der Waals surface area contributed by atoms with Crippen LogP contribution in [0.2, 0.25) is 0 Å². The predicted molar refractivity (Wildman–Crippen MR) is 138 cm³/mol. The van der Waals surface area contributed by atoms with Crippen LogP contribution in [0.15, 0.2) is 42.7 Å². The summed E-state index contributed by atoms with van der Waals surface area (Å²) in [5, 5.41) is 3.60. The minimum atomic E-state index is -2.96. The molecule has 31 heavy (non-hydrogen) atoms. The highest BCUT2D eigenvalue weighted by atomic mass is 127. The maximum atomic E-state index is 14.3. The number of carbonyl (C=O) groups excluding carboxylic acids is 1. The fourth-order valence-electron chi connectivity index (χ4n) is 2.99. The summed E-state index contributed by atoms with van der Waals surface area (Å²) < 4.78 is 42.3. The standard InChI is InChI=1S/C20H17F3I3N3O2/c1-11(16-6-4-13(8-27-16)31-10-19(21,22)24)28-18(30)15-9-29(2)17-7-12(20(23,25)26)3-5-14(15)17/h3-9,11H,10H2,1-2H3,(H,28,30)/t11-/m1/s1. The minimum absolute atomic E-state index is 0.220. The van der Waals surface area contributed by atoms with E-state index in [0.717, 1.165) is 28.1 Å². The summed E-state index contributed by atoms with van der Waals surface area (Å²) in [6, 6.07) is 7.86. The van der Waals surface area contributed by atoms with Gasteiger partial charge in [0.1, 0.15) is 5.75 Å². The molecule has 0 bridgehead atoms. The number of aromatic nitrogens is 2. The topological polar surface area (TPSA) is 56.2 Å². The number of aryl methyl sites for hydroxylation is 1. The molecule has 0 spiro atoms. The summed E-state index contributed by atoms with van der Waals surface area (Å²) in [7, 11) is 1.80. The Balaban J connectivity index is 1.74. The number of carbonyl (C=O) groups is 1.